The molecule has 1 unspecified atom stereocenters. The van der Waals surface area contributed by atoms with E-state index in [2.05, 4.69) is 26.6 Å². The topological polar surface area (TPSA) is 58.2 Å². The minimum atomic E-state index is -0.485. The van der Waals surface area contributed by atoms with Crippen molar-refractivity contribution in [2.24, 2.45) is 5.92 Å². The molecule has 0 spiro atoms. The summed E-state index contributed by atoms with van der Waals surface area (Å²) in [5.41, 5.74) is 0.907. The molecule has 136 valence electrons. The molecule has 0 aliphatic heterocycles. The lowest BCUT2D eigenvalue weighted by atomic mass is 10.3. The first-order valence-electron chi connectivity index (χ1n) is 8.26. The minimum Gasteiger partial charge on any atom is -0.326 e. The molecule has 4 nitrogen and oxygen atoms in total. The summed E-state index contributed by atoms with van der Waals surface area (Å²) in [6.07, 6.45) is 1.93. The van der Waals surface area contributed by atoms with Crippen LogP contribution in [0.25, 0.3) is 0 Å². The molecule has 1 atom stereocenters. The van der Waals surface area contributed by atoms with E-state index < -0.39 is 11.1 Å². The molecule has 0 heterocycles. The van der Waals surface area contributed by atoms with Gasteiger partial charge in [-0.25, -0.2) is 4.39 Å². The van der Waals surface area contributed by atoms with Crippen LogP contribution in [0.5, 0.6) is 0 Å². The zero-order valence-electron chi connectivity index (χ0n) is 14.1. The first-order valence-corrected chi connectivity index (χ1v) is 9.93. The standard InChI is InChI=1S/C19H18BrFN2O2S/c1-11(18(24)23-17-9-4-13(20)10-16(17)21)26-15-7-5-14(6-8-15)22-19(25)12-2-3-12/h4-12H,2-3H2,1H3,(H,22,25)(H,23,24). The monoisotopic (exact) mass is 436 g/mol. The fraction of sp³-hybridized carbons (Fsp3) is 0.263. The van der Waals surface area contributed by atoms with Gasteiger partial charge < -0.3 is 10.6 Å². The molecule has 1 aliphatic rings. The van der Waals surface area contributed by atoms with E-state index in [0.29, 0.717) is 4.47 Å². The second-order valence-corrected chi connectivity index (χ2v) is 8.49. The Balaban J connectivity index is 1.55. The number of anilines is 2. The molecule has 1 saturated carbocycles. The number of rotatable bonds is 6. The molecule has 0 aromatic heterocycles. The van der Waals surface area contributed by atoms with Crippen molar-refractivity contribution < 1.29 is 14.0 Å². The summed E-state index contributed by atoms with van der Waals surface area (Å²) in [7, 11) is 0. The van der Waals surface area contributed by atoms with Crippen LogP contribution in [0.2, 0.25) is 0 Å². The van der Waals surface area contributed by atoms with Gasteiger partial charge in [0.05, 0.1) is 10.9 Å². The molecule has 7 heteroatoms. The zero-order chi connectivity index (χ0) is 18.7. The van der Waals surface area contributed by atoms with Crippen molar-refractivity contribution in [3.05, 3.63) is 52.8 Å². The molecule has 0 saturated heterocycles. The Labute approximate surface area is 164 Å². The quantitative estimate of drug-likeness (QED) is 0.622. The van der Waals surface area contributed by atoms with Gasteiger partial charge in [0, 0.05) is 21.0 Å². The Morgan fingerprint density at radius 3 is 2.46 bits per heavy atom. The first-order chi connectivity index (χ1) is 12.4. The molecule has 2 aromatic carbocycles. The van der Waals surface area contributed by atoms with Crippen LogP contribution in [0.1, 0.15) is 19.8 Å². The number of hydrogen-bond acceptors (Lipinski definition) is 3. The SMILES string of the molecule is CC(Sc1ccc(NC(=O)C2CC2)cc1)C(=O)Nc1ccc(Br)cc1F. The Kier molecular flexibility index (Phi) is 5.98. The summed E-state index contributed by atoms with van der Waals surface area (Å²) in [5, 5.41) is 5.08. The Bertz CT molecular complexity index is 825. The van der Waals surface area contributed by atoms with Crippen molar-refractivity contribution in [3.63, 3.8) is 0 Å². The Morgan fingerprint density at radius 2 is 1.85 bits per heavy atom. The third-order valence-electron chi connectivity index (χ3n) is 3.94. The number of nitrogens with one attached hydrogen (secondary N) is 2. The fourth-order valence-electron chi connectivity index (χ4n) is 2.29. The average Bonchev–Trinajstić information content (AvgIpc) is 3.44. The average molecular weight is 437 g/mol. The van der Waals surface area contributed by atoms with Crippen molar-refractivity contribution in [2.45, 2.75) is 29.9 Å². The summed E-state index contributed by atoms with van der Waals surface area (Å²) < 4.78 is 14.4. The first kappa shape index (κ1) is 18.9. The molecule has 1 fully saturated rings. The molecular weight excluding hydrogens is 419 g/mol. The molecule has 2 aromatic rings. The van der Waals surface area contributed by atoms with Crippen molar-refractivity contribution in [1.29, 1.82) is 0 Å². The maximum atomic E-state index is 13.8. The van der Waals surface area contributed by atoms with E-state index in [1.54, 1.807) is 13.0 Å². The predicted octanol–water partition coefficient (Wildman–Crippen LogP) is 5.06. The smallest absolute Gasteiger partial charge is 0.237 e. The lowest BCUT2D eigenvalue weighted by molar-refractivity contribution is -0.117. The number of carbonyl (C=O) groups is 2. The number of carbonyl (C=O) groups excluding carboxylic acids is 2. The van der Waals surface area contributed by atoms with Gasteiger partial charge in [0.15, 0.2) is 0 Å². The summed E-state index contributed by atoms with van der Waals surface area (Å²) in [6, 6.07) is 11.9. The molecule has 2 N–H and O–H groups in total. The molecule has 0 bridgehead atoms. The molecule has 3 rings (SSSR count). The number of thioether (sulfide) groups is 1. The van der Waals surface area contributed by atoms with E-state index in [1.165, 1.54) is 23.9 Å². The van der Waals surface area contributed by atoms with E-state index in [-0.39, 0.29) is 23.4 Å². The maximum absolute atomic E-state index is 13.8. The number of halogens is 2. The van der Waals surface area contributed by atoms with Gasteiger partial charge in [-0.1, -0.05) is 15.9 Å². The van der Waals surface area contributed by atoms with E-state index in [1.807, 2.05) is 24.3 Å². The molecule has 0 radical (unpaired) electrons. The van der Waals surface area contributed by atoms with Gasteiger partial charge in [-0.3, -0.25) is 9.59 Å². The largest absolute Gasteiger partial charge is 0.326 e. The van der Waals surface area contributed by atoms with Crippen molar-refractivity contribution >= 4 is 50.9 Å². The molecular formula is C19H18BrFN2O2S. The van der Waals surface area contributed by atoms with Gasteiger partial charge in [0.2, 0.25) is 11.8 Å². The van der Waals surface area contributed by atoms with Crippen LogP contribution in [0, 0.1) is 11.7 Å². The number of amides is 2. The predicted molar refractivity (Wildman–Crippen MR) is 106 cm³/mol. The normalized spacial score (nSPS) is 14.6. The lowest BCUT2D eigenvalue weighted by Gasteiger charge is -2.13. The number of benzene rings is 2. The Hall–Kier alpha value is -1.86. The van der Waals surface area contributed by atoms with Crippen molar-refractivity contribution in [1.82, 2.24) is 0 Å². The van der Waals surface area contributed by atoms with Crippen LogP contribution in [-0.4, -0.2) is 17.1 Å². The molecule has 1 aliphatic carbocycles. The van der Waals surface area contributed by atoms with Crippen LogP contribution < -0.4 is 10.6 Å². The second-order valence-electron chi connectivity index (χ2n) is 6.16. The summed E-state index contributed by atoms with van der Waals surface area (Å²) in [4.78, 5) is 24.9. The number of hydrogen-bond donors (Lipinski definition) is 2. The van der Waals surface area contributed by atoms with Gasteiger partial charge in [-0.2, -0.15) is 0 Å². The third kappa shape index (κ3) is 5.08. The van der Waals surface area contributed by atoms with E-state index in [0.717, 1.165) is 23.4 Å². The van der Waals surface area contributed by atoms with Gasteiger partial charge >= 0.3 is 0 Å². The van der Waals surface area contributed by atoms with E-state index in [9.17, 15) is 14.0 Å². The van der Waals surface area contributed by atoms with Gasteiger partial charge in [-0.05, 0) is 62.2 Å². The second kappa shape index (κ2) is 8.22. The Morgan fingerprint density at radius 1 is 1.15 bits per heavy atom. The van der Waals surface area contributed by atoms with Gasteiger partial charge in [0.25, 0.3) is 0 Å². The van der Waals surface area contributed by atoms with E-state index >= 15 is 0 Å². The van der Waals surface area contributed by atoms with Crippen molar-refractivity contribution in [2.75, 3.05) is 10.6 Å². The van der Waals surface area contributed by atoms with Gasteiger partial charge in [0.1, 0.15) is 5.82 Å². The lowest BCUT2D eigenvalue weighted by Crippen LogP contribution is -2.22. The molecule has 26 heavy (non-hydrogen) atoms. The highest BCUT2D eigenvalue weighted by Gasteiger charge is 2.29. The third-order valence-corrected chi connectivity index (χ3v) is 5.55. The zero-order valence-corrected chi connectivity index (χ0v) is 16.5. The van der Waals surface area contributed by atoms with Crippen LogP contribution >= 0.6 is 27.7 Å². The highest BCUT2D eigenvalue weighted by molar-refractivity contribution is 9.10. The van der Waals surface area contributed by atoms with E-state index in [4.69, 9.17) is 0 Å². The molecule has 2 amide bonds. The summed E-state index contributed by atoms with van der Waals surface area (Å²) in [6.45, 7) is 1.76. The minimum absolute atomic E-state index is 0.0645. The van der Waals surface area contributed by atoms with Crippen molar-refractivity contribution in [3.8, 4) is 0 Å². The van der Waals surface area contributed by atoms with Gasteiger partial charge in [-0.15, -0.1) is 11.8 Å². The van der Waals surface area contributed by atoms with Crippen LogP contribution in [0.15, 0.2) is 51.8 Å². The maximum Gasteiger partial charge on any atom is 0.237 e. The van der Waals surface area contributed by atoms with Crippen LogP contribution in [-0.2, 0) is 9.59 Å². The highest BCUT2D eigenvalue weighted by atomic mass is 79.9. The summed E-state index contributed by atoms with van der Waals surface area (Å²) >= 11 is 4.55. The fourth-order valence-corrected chi connectivity index (χ4v) is 3.49. The summed E-state index contributed by atoms with van der Waals surface area (Å²) in [5.74, 6) is -0.538. The van der Waals surface area contributed by atoms with Crippen LogP contribution in [0.4, 0.5) is 15.8 Å². The van der Waals surface area contributed by atoms with Crippen LogP contribution in [0.3, 0.4) is 0 Å². The highest BCUT2D eigenvalue weighted by Crippen LogP contribution is 2.31.